The van der Waals surface area contributed by atoms with E-state index in [2.05, 4.69) is 9.71 Å². The van der Waals surface area contributed by atoms with E-state index >= 15 is 0 Å². The molecule has 0 saturated carbocycles. The Morgan fingerprint density at radius 2 is 2.10 bits per heavy atom. The second-order valence-electron chi connectivity index (χ2n) is 3.75. The number of benzene rings is 1. The van der Waals surface area contributed by atoms with Crippen LogP contribution >= 0.6 is 11.3 Å². The summed E-state index contributed by atoms with van der Waals surface area (Å²) < 4.78 is 53.1. The van der Waals surface area contributed by atoms with Crippen LogP contribution in [0.5, 0.6) is 0 Å². The van der Waals surface area contributed by atoms with Crippen molar-refractivity contribution in [2.75, 3.05) is 0 Å². The predicted octanol–water partition coefficient (Wildman–Crippen LogP) is 1.39. The molecule has 0 fully saturated rings. The minimum Gasteiger partial charge on any atom is -0.391 e. The molecule has 0 unspecified atom stereocenters. The van der Waals surface area contributed by atoms with E-state index in [0.29, 0.717) is 5.01 Å². The van der Waals surface area contributed by atoms with Gasteiger partial charge in [-0.25, -0.2) is 26.9 Å². The summed E-state index contributed by atoms with van der Waals surface area (Å²) in [5.41, 5.74) is -0.679. The lowest BCUT2D eigenvalue weighted by molar-refractivity contribution is 0.267. The highest BCUT2D eigenvalue weighted by atomic mass is 32.2. The Morgan fingerprint density at radius 3 is 2.70 bits per heavy atom. The first kappa shape index (κ1) is 15.0. The number of nitrogens with one attached hydrogen (secondary N) is 1. The molecule has 0 atom stereocenters. The monoisotopic (exact) mass is 320 g/mol. The van der Waals surface area contributed by atoms with Gasteiger partial charge in [-0.3, -0.25) is 0 Å². The number of thiazole rings is 1. The van der Waals surface area contributed by atoms with Gasteiger partial charge in [-0.1, -0.05) is 0 Å². The summed E-state index contributed by atoms with van der Waals surface area (Å²) in [6.07, 6.45) is 1.51. The number of aliphatic hydroxyl groups excluding tert-OH is 1. The molecule has 0 amide bonds. The van der Waals surface area contributed by atoms with Gasteiger partial charge in [0.05, 0.1) is 18.7 Å². The van der Waals surface area contributed by atoms with Gasteiger partial charge in [0.1, 0.15) is 15.7 Å². The van der Waals surface area contributed by atoms with Crippen LogP contribution in [0, 0.1) is 11.6 Å². The molecule has 1 aromatic heterocycles. The minimum atomic E-state index is -4.15. The zero-order valence-electron chi connectivity index (χ0n) is 10.0. The molecule has 108 valence electrons. The molecule has 0 aliphatic heterocycles. The van der Waals surface area contributed by atoms with Crippen LogP contribution in [-0.4, -0.2) is 18.5 Å². The standard InChI is InChI=1S/C11H10F2N2O3S2/c12-8-1-2-9(11(13)7(8)6-16)20(17,18)15-5-10-14-3-4-19-10/h1-4,15-16H,5-6H2. The van der Waals surface area contributed by atoms with Crippen LogP contribution in [-0.2, 0) is 23.2 Å². The second kappa shape index (κ2) is 5.92. The van der Waals surface area contributed by atoms with Crippen LogP contribution in [0.3, 0.4) is 0 Å². The second-order valence-corrected chi connectivity index (χ2v) is 6.46. The van der Waals surface area contributed by atoms with Gasteiger partial charge in [0.25, 0.3) is 0 Å². The molecule has 2 rings (SSSR count). The third kappa shape index (κ3) is 3.01. The van der Waals surface area contributed by atoms with Crippen molar-refractivity contribution in [1.82, 2.24) is 9.71 Å². The van der Waals surface area contributed by atoms with Crippen molar-refractivity contribution >= 4 is 21.4 Å². The number of sulfonamides is 1. The maximum Gasteiger partial charge on any atom is 0.243 e. The predicted molar refractivity (Wildman–Crippen MR) is 68.4 cm³/mol. The van der Waals surface area contributed by atoms with Crippen molar-refractivity contribution in [2.24, 2.45) is 0 Å². The Labute approximate surface area is 118 Å². The fourth-order valence-electron chi connectivity index (χ4n) is 1.50. The number of rotatable bonds is 5. The van der Waals surface area contributed by atoms with Crippen molar-refractivity contribution in [3.05, 3.63) is 45.9 Å². The van der Waals surface area contributed by atoms with E-state index in [1.54, 1.807) is 5.38 Å². The van der Waals surface area contributed by atoms with Crippen molar-refractivity contribution < 1.29 is 22.3 Å². The molecule has 0 spiro atoms. The summed E-state index contributed by atoms with van der Waals surface area (Å²) in [7, 11) is -4.15. The van der Waals surface area contributed by atoms with Crippen molar-refractivity contribution in [3.8, 4) is 0 Å². The molecule has 0 bridgehead atoms. The SMILES string of the molecule is O=S(=O)(NCc1nccs1)c1ccc(F)c(CO)c1F. The van der Waals surface area contributed by atoms with Gasteiger partial charge in [0.2, 0.25) is 10.0 Å². The molecule has 20 heavy (non-hydrogen) atoms. The summed E-state index contributed by atoms with van der Waals surface area (Å²) in [4.78, 5) is 3.17. The summed E-state index contributed by atoms with van der Waals surface area (Å²) in [5, 5.41) is 11.1. The van der Waals surface area contributed by atoms with E-state index in [4.69, 9.17) is 5.11 Å². The quantitative estimate of drug-likeness (QED) is 0.872. The first-order valence-corrected chi connectivity index (χ1v) is 7.77. The molecule has 0 aliphatic carbocycles. The molecule has 0 radical (unpaired) electrons. The third-order valence-corrected chi connectivity index (χ3v) is 4.69. The van der Waals surface area contributed by atoms with Gasteiger partial charge >= 0.3 is 0 Å². The first-order chi connectivity index (χ1) is 9.45. The van der Waals surface area contributed by atoms with Gasteiger partial charge < -0.3 is 5.11 Å². The van der Waals surface area contributed by atoms with E-state index in [1.807, 2.05) is 0 Å². The fraction of sp³-hybridized carbons (Fsp3) is 0.182. The highest BCUT2D eigenvalue weighted by Crippen LogP contribution is 2.21. The molecule has 5 nitrogen and oxygen atoms in total. The van der Waals surface area contributed by atoms with Crippen LogP contribution in [0.25, 0.3) is 0 Å². The molecular formula is C11H10F2N2O3S2. The van der Waals surface area contributed by atoms with E-state index in [1.165, 1.54) is 17.5 Å². The number of hydrogen-bond donors (Lipinski definition) is 2. The van der Waals surface area contributed by atoms with Gasteiger partial charge in [0, 0.05) is 11.6 Å². The number of halogens is 2. The molecule has 9 heteroatoms. The van der Waals surface area contributed by atoms with E-state index in [-0.39, 0.29) is 6.54 Å². The van der Waals surface area contributed by atoms with Gasteiger partial charge in [-0.05, 0) is 12.1 Å². The molecule has 2 aromatic rings. The highest BCUT2D eigenvalue weighted by Gasteiger charge is 2.23. The van der Waals surface area contributed by atoms with Gasteiger partial charge in [-0.2, -0.15) is 0 Å². The normalized spacial score (nSPS) is 11.8. The Bertz CT molecular complexity index is 703. The molecular weight excluding hydrogens is 310 g/mol. The molecule has 0 aliphatic rings. The third-order valence-electron chi connectivity index (χ3n) is 2.50. The number of hydrogen-bond acceptors (Lipinski definition) is 5. The largest absolute Gasteiger partial charge is 0.391 e. The fourth-order valence-corrected chi connectivity index (χ4v) is 3.24. The Morgan fingerprint density at radius 1 is 1.35 bits per heavy atom. The highest BCUT2D eigenvalue weighted by molar-refractivity contribution is 7.89. The molecule has 0 saturated heterocycles. The Balaban J connectivity index is 2.30. The van der Waals surface area contributed by atoms with E-state index < -0.39 is 38.7 Å². The zero-order chi connectivity index (χ0) is 14.8. The van der Waals surface area contributed by atoms with Crippen LogP contribution in [0.4, 0.5) is 8.78 Å². The summed E-state index contributed by atoms with van der Waals surface area (Å²) >= 11 is 1.24. The minimum absolute atomic E-state index is 0.0920. The molecule has 1 heterocycles. The Hall–Kier alpha value is -1.42. The van der Waals surface area contributed by atoms with Crippen molar-refractivity contribution in [3.63, 3.8) is 0 Å². The number of aliphatic hydroxyl groups is 1. The smallest absolute Gasteiger partial charge is 0.243 e. The van der Waals surface area contributed by atoms with Crippen LogP contribution in [0.15, 0.2) is 28.6 Å². The molecule has 1 aromatic carbocycles. The van der Waals surface area contributed by atoms with E-state index in [0.717, 1.165) is 12.1 Å². The van der Waals surface area contributed by atoms with Crippen molar-refractivity contribution in [2.45, 2.75) is 18.0 Å². The van der Waals surface area contributed by atoms with E-state index in [9.17, 15) is 17.2 Å². The lowest BCUT2D eigenvalue weighted by Gasteiger charge is -2.09. The van der Waals surface area contributed by atoms with Gasteiger partial charge in [0.15, 0.2) is 5.82 Å². The molecule has 2 N–H and O–H groups in total. The van der Waals surface area contributed by atoms with Crippen LogP contribution in [0.2, 0.25) is 0 Å². The maximum atomic E-state index is 13.9. The average Bonchev–Trinajstić information content (AvgIpc) is 2.90. The average molecular weight is 320 g/mol. The Kier molecular flexibility index (Phi) is 4.43. The topological polar surface area (TPSA) is 79.3 Å². The van der Waals surface area contributed by atoms with Crippen molar-refractivity contribution in [1.29, 1.82) is 0 Å². The lowest BCUT2D eigenvalue weighted by Crippen LogP contribution is -2.24. The summed E-state index contributed by atoms with van der Waals surface area (Å²) in [6, 6.07) is 1.61. The van der Waals surface area contributed by atoms with Crippen LogP contribution < -0.4 is 4.72 Å². The first-order valence-electron chi connectivity index (χ1n) is 5.41. The summed E-state index contributed by atoms with van der Waals surface area (Å²) in [5.74, 6) is -2.29. The zero-order valence-corrected chi connectivity index (χ0v) is 11.6. The number of aromatic nitrogens is 1. The summed E-state index contributed by atoms with van der Waals surface area (Å²) in [6.45, 7) is -1.02. The van der Waals surface area contributed by atoms with Gasteiger partial charge in [-0.15, -0.1) is 11.3 Å². The number of nitrogens with zero attached hydrogens (tertiary/aromatic N) is 1. The lowest BCUT2D eigenvalue weighted by atomic mass is 10.2. The maximum absolute atomic E-state index is 13.9. The van der Waals surface area contributed by atoms with Crippen LogP contribution in [0.1, 0.15) is 10.6 Å².